The lowest BCUT2D eigenvalue weighted by Gasteiger charge is -2.31. The van der Waals surface area contributed by atoms with Gasteiger partial charge in [-0.2, -0.15) is 0 Å². The number of aliphatic hydroxyl groups is 1. The molecule has 1 atom stereocenters. The van der Waals surface area contributed by atoms with Gasteiger partial charge in [0.25, 0.3) is 0 Å². The number of carbonyl (C=O) groups excluding carboxylic acids is 1. The van der Waals surface area contributed by atoms with E-state index < -0.39 is 0 Å². The Morgan fingerprint density at radius 1 is 1.42 bits per heavy atom. The Labute approximate surface area is 115 Å². The first-order valence-electron chi connectivity index (χ1n) is 7.00. The number of carbonyl (C=O) groups is 1. The number of benzene rings is 1. The van der Waals surface area contributed by atoms with E-state index >= 15 is 0 Å². The lowest BCUT2D eigenvalue weighted by molar-refractivity contribution is -0.123. The van der Waals surface area contributed by atoms with Gasteiger partial charge in [-0.3, -0.25) is 4.79 Å². The highest BCUT2D eigenvalue weighted by molar-refractivity contribution is 5.86. The molecule has 0 saturated carbocycles. The van der Waals surface area contributed by atoms with E-state index in [0.29, 0.717) is 6.54 Å². The lowest BCUT2D eigenvalue weighted by atomic mass is 9.77. The van der Waals surface area contributed by atoms with Gasteiger partial charge in [-0.15, -0.1) is 0 Å². The molecule has 0 radical (unpaired) electrons. The highest BCUT2D eigenvalue weighted by atomic mass is 16.2. The molecule has 0 aliphatic heterocycles. The second kappa shape index (κ2) is 5.74. The maximum absolute atomic E-state index is 12.1. The summed E-state index contributed by atoms with van der Waals surface area (Å²) in [4.78, 5) is 12.1. The molecule has 0 heterocycles. The molecule has 0 saturated heterocycles. The Morgan fingerprint density at radius 3 is 2.84 bits per heavy atom. The molecule has 2 rings (SSSR count). The zero-order valence-electron chi connectivity index (χ0n) is 11.8. The lowest BCUT2D eigenvalue weighted by Crippen LogP contribution is -2.40. The number of fused-ring (bicyclic) bond motifs is 1. The molecular weight excluding hydrogens is 238 g/mol. The molecule has 3 nitrogen and oxygen atoms in total. The zero-order valence-corrected chi connectivity index (χ0v) is 11.8. The first kappa shape index (κ1) is 14.1. The molecule has 104 valence electrons. The van der Waals surface area contributed by atoms with Crippen LogP contribution in [0.5, 0.6) is 0 Å². The van der Waals surface area contributed by atoms with Crippen LogP contribution in [0.4, 0.5) is 0 Å². The fraction of sp³-hybridized carbons (Fsp3) is 0.562. The van der Waals surface area contributed by atoms with Crippen molar-refractivity contribution >= 4 is 5.91 Å². The van der Waals surface area contributed by atoms with Gasteiger partial charge in [0.1, 0.15) is 0 Å². The normalized spacial score (nSPS) is 17.5. The van der Waals surface area contributed by atoms with Crippen molar-refractivity contribution in [1.82, 2.24) is 5.32 Å². The average Bonchev–Trinajstić information content (AvgIpc) is 2.36. The monoisotopic (exact) mass is 261 g/mol. The summed E-state index contributed by atoms with van der Waals surface area (Å²) in [7, 11) is 0. The summed E-state index contributed by atoms with van der Waals surface area (Å²) in [6.45, 7) is 5.13. The molecule has 0 aromatic heterocycles. The van der Waals surface area contributed by atoms with E-state index in [2.05, 4.69) is 25.2 Å². The van der Waals surface area contributed by atoms with Crippen LogP contribution >= 0.6 is 0 Å². The molecule has 1 amide bonds. The number of rotatable bonds is 6. The topological polar surface area (TPSA) is 49.3 Å². The Morgan fingerprint density at radius 2 is 2.16 bits per heavy atom. The third-order valence-corrected chi connectivity index (χ3v) is 3.92. The SMILES string of the molecule is CC(C)(CCCO)CNC(=O)C1Cc2ccccc21. The van der Waals surface area contributed by atoms with E-state index in [4.69, 9.17) is 5.11 Å². The van der Waals surface area contributed by atoms with Crippen molar-refractivity contribution in [2.75, 3.05) is 13.2 Å². The standard InChI is InChI=1S/C16H23NO2/c1-16(2,8-5-9-18)11-17-15(19)14-10-12-6-3-4-7-13(12)14/h3-4,6-7,14,18H,5,8-11H2,1-2H3,(H,17,19). The molecule has 1 aromatic carbocycles. The summed E-state index contributed by atoms with van der Waals surface area (Å²) < 4.78 is 0. The number of nitrogens with one attached hydrogen (secondary N) is 1. The second-order valence-electron chi connectivity index (χ2n) is 6.16. The van der Waals surface area contributed by atoms with Crippen LogP contribution in [0.25, 0.3) is 0 Å². The van der Waals surface area contributed by atoms with Crippen LogP contribution in [0.1, 0.15) is 43.7 Å². The van der Waals surface area contributed by atoms with Crippen LogP contribution in [-0.4, -0.2) is 24.2 Å². The Kier molecular flexibility index (Phi) is 4.25. The fourth-order valence-corrected chi connectivity index (χ4v) is 2.59. The third-order valence-electron chi connectivity index (χ3n) is 3.92. The maximum Gasteiger partial charge on any atom is 0.227 e. The molecule has 19 heavy (non-hydrogen) atoms. The summed E-state index contributed by atoms with van der Waals surface area (Å²) >= 11 is 0. The van der Waals surface area contributed by atoms with Crippen molar-refractivity contribution in [3.63, 3.8) is 0 Å². The molecule has 1 aliphatic rings. The highest BCUT2D eigenvalue weighted by Gasteiger charge is 2.32. The van der Waals surface area contributed by atoms with Crippen molar-refractivity contribution in [1.29, 1.82) is 0 Å². The largest absolute Gasteiger partial charge is 0.396 e. The van der Waals surface area contributed by atoms with E-state index in [9.17, 15) is 4.79 Å². The second-order valence-corrected chi connectivity index (χ2v) is 6.16. The summed E-state index contributed by atoms with van der Waals surface area (Å²) in [6.07, 6.45) is 2.57. The molecule has 1 aromatic rings. The van der Waals surface area contributed by atoms with Crippen LogP contribution in [0, 0.1) is 5.41 Å². The summed E-state index contributed by atoms with van der Waals surface area (Å²) in [6, 6.07) is 8.14. The minimum absolute atomic E-state index is 0.0323. The Hall–Kier alpha value is -1.35. The summed E-state index contributed by atoms with van der Waals surface area (Å²) in [5, 5.41) is 11.9. The zero-order chi connectivity index (χ0) is 13.9. The molecule has 2 N–H and O–H groups in total. The number of hydrogen-bond donors (Lipinski definition) is 2. The van der Waals surface area contributed by atoms with Crippen LogP contribution in [0.15, 0.2) is 24.3 Å². The van der Waals surface area contributed by atoms with Crippen molar-refractivity contribution in [2.24, 2.45) is 5.41 Å². The first-order valence-corrected chi connectivity index (χ1v) is 7.00. The van der Waals surface area contributed by atoms with Crippen LogP contribution in [0.3, 0.4) is 0 Å². The molecule has 1 unspecified atom stereocenters. The molecule has 1 aliphatic carbocycles. The smallest absolute Gasteiger partial charge is 0.227 e. The molecule has 0 bridgehead atoms. The number of hydrogen-bond acceptors (Lipinski definition) is 2. The molecular formula is C16H23NO2. The van der Waals surface area contributed by atoms with E-state index in [1.165, 1.54) is 11.1 Å². The van der Waals surface area contributed by atoms with Crippen molar-refractivity contribution in [2.45, 2.75) is 39.0 Å². The highest BCUT2D eigenvalue weighted by Crippen LogP contribution is 2.35. The maximum atomic E-state index is 12.1. The first-order chi connectivity index (χ1) is 9.03. The Balaban J connectivity index is 1.83. The van der Waals surface area contributed by atoms with Gasteiger partial charge in [-0.1, -0.05) is 38.1 Å². The van der Waals surface area contributed by atoms with Crippen molar-refractivity contribution in [3.8, 4) is 0 Å². The quantitative estimate of drug-likeness (QED) is 0.825. The predicted molar refractivity (Wildman–Crippen MR) is 76.0 cm³/mol. The van der Waals surface area contributed by atoms with Gasteiger partial charge in [0, 0.05) is 13.2 Å². The van der Waals surface area contributed by atoms with Gasteiger partial charge in [0.05, 0.1) is 5.92 Å². The van der Waals surface area contributed by atoms with Gasteiger partial charge in [0.2, 0.25) is 5.91 Å². The van der Waals surface area contributed by atoms with E-state index in [-0.39, 0.29) is 23.8 Å². The molecule has 3 heteroatoms. The van der Waals surface area contributed by atoms with Gasteiger partial charge in [0.15, 0.2) is 0 Å². The van der Waals surface area contributed by atoms with Gasteiger partial charge in [-0.05, 0) is 35.8 Å². The van der Waals surface area contributed by atoms with Crippen molar-refractivity contribution in [3.05, 3.63) is 35.4 Å². The van der Waals surface area contributed by atoms with Crippen LogP contribution < -0.4 is 5.32 Å². The fourth-order valence-electron chi connectivity index (χ4n) is 2.59. The predicted octanol–water partition coefficient (Wildman–Crippen LogP) is 2.24. The number of amides is 1. The summed E-state index contributed by atoms with van der Waals surface area (Å²) in [5.74, 6) is 0.167. The van der Waals surface area contributed by atoms with Gasteiger partial charge < -0.3 is 10.4 Å². The van der Waals surface area contributed by atoms with Crippen LogP contribution in [-0.2, 0) is 11.2 Å². The van der Waals surface area contributed by atoms with Crippen LogP contribution in [0.2, 0.25) is 0 Å². The van der Waals surface area contributed by atoms with E-state index in [0.717, 1.165) is 19.3 Å². The van der Waals surface area contributed by atoms with E-state index in [1.807, 2.05) is 18.2 Å². The van der Waals surface area contributed by atoms with E-state index in [1.54, 1.807) is 0 Å². The Bertz CT molecular complexity index is 454. The average molecular weight is 261 g/mol. The molecule has 0 spiro atoms. The minimum Gasteiger partial charge on any atom is -0.396 e. The van der Waals surface area contributed by atoms with Gasteiger partial charge >= 0.3 is 0 Å². The van der Waals surface area contributed by atoms with Gasteiger partial charge in [-0.25, -0.2) is 0 Å². The third kappa shape index (κ3) is 3.35. The van der Waals surface area contributed by atoms with Crippen molar-refractivity contribution < 1.29 is 9.90 Å². The number of aliphatic hydroxyl groups excluding tert-OH is 1. The molecule has 0 fully saturated rings. The minimum atomic E-state index is 0.0323. The summed E-state index contributed by atoms with van der Waals surface area (Å²) in [5.41, 5.74) is 2.51.